The number of likely N-dealkylation sites (tertiary alicyclic amines) is 1. The van der Waals surface area contributed by atoms with Crippen LogP contribution in [0.5, 0.6) is 0 Å². The number of Topliss-reactive ketones (excluding diaryl/α,β-unsaturated/α-hetero) is 1. The van der Waals surface area contributed by atoms with E-state index in [9.17, 15) is 4.79 Å². The van der Waals surface area contributed by atoms with Gasteiger partial charge in [-0.1, -0.05) is 20.3 Å². The summed E-state index contributed by atoms with van der Waals surface area (Å²) < 4.78 is 0. The molecule has 0 radical (unpaired) electrons. The number of piperidine rings is 1. The summed E-state index contributed by atoms with van der Waals surface area (Å²) in [5.41, 5.74) is 0. The second-order valence-corrected chi connectivity index (χ2v) is 5.63. The zero-order valence-electron chi connectivity index (χ0n) is 10.0. The van der Waals surface area contributed by atoms with Crippen molar-refractivity contribution in [3.8, 4) is 0 Å². The Morgan fingerprint density at radius 3 is 2.40 bits per heavy atom. The molecule has 0 spiro atoms. The number of hydrogen-bond acceptors (Lipinski definition) is 2. The van der Waals surface area contributed by atoms with E-state index in [1.165, 1.54) is 12.8 Å². The fourth-order valence-corrected chi connectivity index (χ4v) is 3.32. The van der Waals surface area contributed by atoms with Crippen LogP contribution in [-0.4, -0.2) is 29.8 Å². The molecule has 0 amide bonds. The molecule has 2 aliphatic rings. The van der Waals surface area contributed by atoms with Crippen LogP contribution in [-0.2, 0) is 4.79 Å². The summed E-state index contributed by atoms with van der Waals surface area (Å²) in [6.45, 7) is 6.91. The lowest BCUT2D eigenvalue weighted by molar-refractivity contribution is -0.127. The number of hydrogen-bond donors (Lipinski definition) is 0. The summed E-state index contributed by atoms with van der Waals surface area (Å²) in [7, 11) is 0. The lowest BCUT2D eigenvalue weighted by Crippen LogP contribution is -2.49. The van der Waals surface area contributed by atoms with E-state index in [-0.39, 0.29) is 6.04 Å². The number of rotatable bonds is 1. The zero-order valence-corrected chi connectivity index (χ0v) is 10.0. The predicted octanol–water partition coefficient (Wildman–Crippen LogP) is 2.48. The van der Waals surface area contributed by atoms with Crippen LogP contribution in [0, 0.1) is 11.8 Å². The summed E-state index contributed by atoms with van der Waals surface area (Å²) in [6, 6.07) is 0.268. The lowest BCUT2D eigenvalue weighted by atomic mass is 9.86. The van der Waals surface area contributed by atoms with E-state index < -0.39 is 0 Å². The van der Waals surface area contributed by atoms with Gasteiger partial charge in [0.25, 0.3) is 0 Å². The van der Waals surface area contributed by atoms with Gasteiger partial charge in [-0.3, -0.25) is 9.69 Å². The van der Waals surface area contributed by atoms with Gasteiger partial charge in [0.15, 0.2) is 0 Å². The number of nitrogens with zero attached hydrogens (tertiary/aromatic N) is 1. The van der Waals surface area contributed by atoms with Gasteiger partial charge in [0.1, 0.15) is 5.78 Å². The van der Waals surface area contributed by atoms with Gasteiger partial charge in [-0.15, -0.1) is 0 Å². The highest BCUT2D eigenvalue weighted by Gasteiger charge is 2.32. The van der Waals surface area contributed by atoms with Crippen LogP contribution in [0.25, 0.3) is 0 Å². The van der Waals surface area contributed by atoms with Crippen molar-refractivity contribution in [2.45, 2.75) is 52.0 Å². The standard InChI is InChI=1S/C13H23NO/c1-10-7-11(2)9-14(8-10)12-5-3-4-6-13(12)15/h10-12H,3-9H2,1-2H3/t10-,11-,12+/m0/s1. The molecule has 15 heavy (non-hydrogen) atoms. The molecule has 2 nitrogen and oxygen atoms in total. The molecule has 2 heteroatoms. The van der Waals surface area contributed by atoms with Gasteiger partial charge in [-0.25, -0.2) is 0 Å². The smallest absolute Gasteiger partial charge is 0.149 e. The van der Waals surface area contributed by atoms with Gasteiger partial charge < -0.3 is 0 Å². The topological polar surface area (TPSA) is 20.3 Å². The SMILES string of the molecule is C[C@H]1C[C@H](C)CN([C@@H]2CCCCC2=O)C1. The van der Waals surface area contributed by atoms with Crippen LogP contribution in [0.15, 0.2) is 0 Å². The van der Waals surface area contributed by atoms with Crippen molar-refractivity contribution in [3.05, 3.63) is 0 Å². The Hall–Kier alpha value is -0.370. The molecule has 1 saturated carbocycles. The average molecular weight is 209 g/mol. The Kier molecular flexibility index (Phi) is 3.45. The highest BCUT2D eigenvalue weighted by Crippen LogP contribution is 2.27. The lowest BCUT2D eigenvalue weighted by Gasteiger charge is -2.40. The fourth-order valence-electron chi connectivity index (χ4n) is 3.32. The quantitative estimate of drug-likeness (QED) is 0.661. The minimum atomic E-state index is 0.268. The van der Waals surface area contributed by atoms with Gasteiger partial charge in [-0.2, -0.15) is 0 Å². The Bertz CT molecular complexity index is 229. The molecule has 1 aliphatic carbocycles. The molecule has 0 unspecified atom stereocenters. The van der Waals surface area contributed by atoms with E-state index in [1.54, 1.807) is 0 Å². The van der Waals surface area contributed by atoms with Gasteiger partial charge >= 0.3 is 0 Å². The average Bonchev–Trinajstić information content (AvgIpc) is 2.16. The molecule has 2 rings (SSSR count). The van der Waals surface area contributed by atoms with Crippen LogP contribution in [0.1, 0.15) is 46.0 Å². The Morgan fingerprint density at radius 1 is 1.13 bits per heavy atom. The first-order valence-electron chi connectivity index (χ1n) is 6.43. The zero-order chi connectivity index (χ0) is 10.8. The molecule has 1 saturated heterocycles. The van der Waals surface area contributed by atoms with Crippen molar-refractivity contribution in [1.29, 1.82) is 0 Å². The van der Waals surface area contributed by atoms with E-state index in [0.717, 1.165) is 44.2 Å². The molecule has 0 aromatic rings. The Morgan fingerprint density at radius 2 is 1.80 bits per heavy atom. The third-order valence-corrected chi connectivity index (χ3v) is 3.86. The van der Waals surface area contributed by atoms with E-state index in [1.807, 2.05) is 0 Å². The third-order valence-electron chi connectivity index (χ3n) is 3.86. The number of carbonyl (C=O) groups is 1. The normalized spacial score (nSPS) is 39.3. The summed E-state index contributed by atoms with van der Waals surface area (Å²) in [5, 5.41) is 0. The summed E-state index contributed by atoms with van der Waals surface area (Å²) in [4.78, 5) is 14.3. The van der Waals surface area contributed by atoms with Gasteiger partial charge in [0, 0.05) is 19.5 Å². The summed E-state index contributed by atoms with van der Waals surface area (Å²) in [6.07, 6.45) is 5.63. The summed E-state index contributed by atoms with van der Waals surface area (Å²) >= 11 is 0. The molecule has 3 atom stereocenters. The molecule has 2 fully saturated rings. The monoisotopic (exact) mass is 209 g/mol. The molecule has 0 N–H and O–H groups in total. The molecule has 0 aromatic carbocycles. The molecule has 0 aromatic heterocycles. The Balaban J connectivity index is 1.99. The van der Waals surface area contributed by atoms with Crippen molar-refractivity contribution < 1.29 is 4.79 Å². The first kappa shape index (κ1) is 11.1. The highest BCUT2D eigenvalue weighted by molar-refractivity contribution is 5.84. The minimum absolute atomic E-state index is 0.268. The molecule has 86 valence electrons. The van der Waals surface area contributed by atoms with Crippen LogP contribution >= 0.6 is 0 Å². The molecule has 1 heterocycles. The second kappa shape index (κ2) is 4.65. The number of ketones is 1. The van der Waals surface area contributed by atoms with Crippen LogP contribution < -0.4 is 0 Å². The van der Waals surface area contributed by atoms with Crippen molar-refractivity contribution in [2.24, 2.45) is 11.8 Å². The maximum Gasteiger partial charge on any atom is 0.149 e. The molecular formula is C13H23NO. The van der Waals surface area contributed by atoms with E-state index in [0.29, 0.717) is 5.78 Å². The maximum atomic E-state index is 11.9. The van der Waals surface area contributed by atoms with Crippen molar-refractivity contribution in [1.82, 2.24) is 4.90 Å². The highest BCUT2D eigenvalue weighted by atomic mass is 16.1. The fraction of sp³-hybridized carbons (Fsp3) is 0.923. The van der Waals surface area contributed by atoms with E-state index >= 15 is 0 Å². The van der Waals surface area contributed by atoms with Crippen molar-refractivity contribution in [2.75, 3.05) is 13.1 Å². The summed E-state index contributed by atoms with van der Waals surface area (Å²) in [5.74, 6) is 2.04. The van der Waals surface area contributed by atoms with Gasteiger partial charge in [-0.05, 0) is 31.1 Å². The third kappa shape index (κ3) is 2.60. The second-order valence-electron chi connectivity index (χ2n) is 5.63. The first-order chi connectivity index (χ1) is 7.16. The molecular weight excluding hydrogens is 186 g/mol. The molecule has 0 bridgehead atoms. The minimum Gasteiger partial charge on any atom is -0.298 e. The van der Waals surface area contributed by atoms with E-state index in [2.05, 4.69) is 18.7 Å². The largest absolute Gasteiger partial charge is 0.298 e. The van der Waals surface area contributed by atoms with Crippen molar-refractivity contribution in [3.63, 3.8) is 0 Å². The maximum absolute atomic E-state index is 11.9. The van der Waals surface area contributed by atoms with Crippen LogP contribution in [0.4, 0.5) is 0 Å². The number of carbonyl (C=O) groups excluding carboxylic acids is 1. The molecule has 1 aliphatic heterocycles. The predicted molar refractivity (Wildman–Crippen MR) is 61.8 cm³/mol. The van der Waals surface area contributed by atoms with Crippen molar-refractivity contribution >= 4 is 5.78 Å². The van der Waals surface area contributed by atoms with Gasteiger partial charge in [0.2, 0.25) is 0 Å². The first-order valence-corrected chi connectivity index (χ1v) is 6.43. The van der Waals surface area contributed by atoms with E-state index in [4.69, 9.17) is 0 Å². The van der Waals surface area contributed by atoms with Crippen LogP contribution in [0.3, 0.4) is 0 Å². The van der Waals surface area contributed by atoms with Gasteiger partial charge in [0.05, 0.1) is 6.04 Å². The Labute approximate surface area is 93.0 Å². The van der Waals surface area contributed by atoms with Crippen LogP contribution in [0.2, 0.25) is 0 Å².